The van der Waals surface area contributed by atoms with Crippen molar-refractivity contribution in [2.75, 3.05) is 13.1 Å². The number of nitrogens with two attached hydrogens (primary N) is 1. The molecule has 0 unspecified atom stereocenters. The Morgan fingerprint density at radius 3 is 2.36 bits per heavy atom. The zero-order valence-electron chi connectivity index (χ0n) is 7.67. The van der Waals surface area contributed by atoms with E-state index >= 15 is 0 Å². The quantitative estimate of drug-likeness (QED) is 0.685. The molecule has 0 aromatic carbocycles. The zero-order chi connectivity index (χ0) is 10.8. The Kier molecular flexibility index (Phi) is 3.44. The number of sulfonamides is 1. The number of hydrogen-bond donors (Lipinski definition) is 2. The molecule has 0 bridgehead atoms. The fourth-order valence-electron chi connectivity index (χ4n) is 1.31. The van der Waals surface area contributed by atoms with Gasteiger partial charge in [0, 0.05) is 6.54 Å². The van der Waals surface area contributed by atoms with Gasteiger partial charge in [0.05, 0.1) is 0 Å². The molecule has 0 radical (unpaired) electrons. The largest absolute Gasteiger partial charge is 0.350 e. The Labute approximate surface area is 81.9 Å². The van der Waals surface area contributed by atoms with Gasteiger partial charge in [-0.15, -0.1) is 0 Å². The van der Waals surface area contributed by atoms with Crippen LogP contribution in [0.15, 0.2) is 0 Å². The van der Waals surface area contributed by atoms with E-state index in [-0.39, 0.29) is 12.0 Å². The van der Waals surface area contributed by atoms with Crippen LogP contribution in [0.3, 0.4) is 0 Å². The lowest BCUT2D eigenvalue weighted by Crippen LogP contribution is -2.34. The standard InChI is InChI=1S/C7H14F2N2O2S/c8-6(9)14(12,13)11-5-7(1-2-7)3-4-10/h6,11H,1-5,10H2. The summed E-state index contributed by atoms with van der Waals surface area (Å²) in [7, 11) is -4.43. The molecule has 7 heteroatoms. The van der Waals surface area contributed by atoms with Gasteiger partial charge in [-0.3, -0.25) is 0 Å². The molecular weight excluding hydrogens is 214 g/mol. The first kappa shape index (κ1) is 11.8. The van der Waals surface area contributed by atoms with Gasteiger partial charge in [-0.1, -0.05) is 0 Å². The molecule has 0 heterocycles. The lowest BCUT2D eigenvalue weighted by molar-refractivity contribution is 0.231. The maximum Gasteiger partial charge on any atom is 0.350 e. The molecule has 0 amide bonds. The van der Waals surface area contributed by atoms with Crippen LogP contribution >= 0.6 is 0 Å². The summed E-state index contributed by atoms with van der Waals surface area (Å²) in [5.41, 5.74) is 5.17. The molecule has 0 atom stereocenters. The van der Waals surface area contributed by atoms with Crippen LogP contribution < -0.4 is 10.5 Å². The van der Waals surface area contributed by atoms with Crippen LogP contribution in [0.2, 0.25) is 0 Å². The number of halogens is 2. The van der Waals surface area contributed by atoms with Gasteiger partial charge in [0.2, 0.25) is 0 Å². The lowest BCUT2D eigenvalue weighted by atomic mass is 10.0. The van der Waals surface area contributed by atoms with E-state index in [1.165, 1.54) is 0 Å². The molecule has 84 valence electrons. The van der Waals surface area contributed by atoms with Gasteiger partial charge in [0.25, 0.3) is 10.0 Å². The summed E-state index contributed by atoms with van der Waals surface area (Å²) in [6.45, 7) is 0.535. The molecule has 0 saturated heterocycles. The molecule has 3 N–H and O–H groups in total. The van der Waals surface area contributed by atoms with Crippen LogP contribution in [0.1, 0.15) is 19.3 Å². The van der Waals surface area contributed by atoms with Gasteiger partial charge < -0.3 is 5.73 Å². The molecule has 0 aromatic heterocycles. The molecule has 1 saturated carbocycles. The van der Waals surface area contributed by atoms with Gasteiger partial charge >= 0.3 is 5.76 Å². The van der Waals surface area contributed by atoms with Gasteiger partial charge in [-0.05, 0) is 31.2 Å². The van der Waals surface area contributed by atoms with Crippen molar-refractivity contribution in [2.45, 2.75) is 25.0 Å². The monoisotopic (exact) mass is 228 g/mol. The first-order chi connectivity index (χ1) is 6.42. The number of hydrogen-bond acceptors (Lipinski definition) is 3. The summed E-state index contributed by atoms with van der Waals surface area (Å²) >= 11 is 0. The van der Waals surface area contributed by atoms with E-state index in [1.807, 2.05) is 4.72 Å². The van der Waals surface area contributed by atoms with Crippen LogP contribution in [-0.4, -0.2) is 27.3 Å². The third-order valence-corrected chi connectivity index (χ3v) is 3.53. The van der Waals surface area contributed by atoms with E-state index in [2.05, 4.69) is 0 Å². The van der Waals surface area contributed by atoms with Gasteiger partial charge in [0.1, 0.15) is 0 Å². The normalized spacial score (nSPS) is 20.0. The summed E-state index contributed by atoms with van der Waals surface area (Å²) in [6, 6.07) is 0. The van der Waals surface area contributed by atoms with Crippen molar-refractivity contribution in [1.29, 1.82) is 0 Å². The van der Waals surface area contributed by atoms with Crippen molar-refractivity contribution >= 4 is 10.0 Å². The average molecular weight is 228 g/mol. The highest BCUT2D eigenvalue weighted by Gasteiger charge is 2.42. The molecule has 1 aliphatic carbocycles. The Morgan fingerprint density at radius 1 is 1.43 bits per heavy atom. The Bertz CT molecular complexity index is 288. The van der Waals surface area contributed by atoms with Crippen molar-refractivity contribution in [3.63, 3.8) is 0 Å². The molecule has 0 aromatic rings. The van der Waals surface area contributed by atoms with E-state index in [4.69, 9.17) is 5.73 Å². The molecule has 0 aliphatic heterocycles. The first-order valence-corrected chi connectivity index (χ1v) is 5.93. The summed E-state index contributed by atoms with van der Waals surface area (Å²) < 4.78 is 47.2. The second kappa shape index (κ2) is 4.08. The van der Waals surface area contributed by atoms with Crippen molar-refractivity contribution in [3.8, 4) is 0 Å². The zero-order valence-corrected chi connectivity index (χ0v) is 8.49. The van der Waals surface area contributed by atoms with E-state index in [0.717, 1.165) is 12.8 Å². The van der Waals surface area contributed by atoms with Crippen molar-refractivity contribution < 1.29 is 17.2 Å². The molecular formula is C7H14F2N2O2S. The summed E-state index contributed by atoms with van der Waals surface area (Å²) in [6.07, 6.45) is 2.39. The summed E-state index contributed by atoms with van der Waals surface area (Å²) in [5.74, 6) is -3.35. The van der Waals surface area contributed by atoms with Crippen LogP contribution in [0, 0.1) is 5.41 Å². The van der Waals surface area contributed by atoms with Gasteiger partial charge in [-0.25, -0.2) is 13.1 Å². The van der Waals surface area contributed by atoms with Crippen LogP contribution in [0.5, 0.6) is 0 Å². The fraction of sp³-hybridized carbons (Fsp3) is 1.00. The number of rotatable bonds is 6. The maximum atomic E-state index is 11.9. The second-order valence-electron chi connectivity index (χ2n) is 3.67. The number of nitrogens with one attached hydrogen (secondary N) is 1. The Balaban J connectivity index is 2.41. The Hall–Kier alpha value is -0.270. The summed E-state index contributed by atoms with van der Waals surface area (Å²) in [4.78, 5) is 0. The second-order valence-corrected chi connectivity index (χ2v) is 5.40. The minimum absolute atomic E-state index is 0.0802. The Morgan fingerprint density at radius 2 is 2.00 bits per heavy atom. The lowest BCUT2D eigenvalue weighted by Gasteiger charge is -2.14. The predicted molar refractivity (Wildman–Crippen MR) is 48.3 cm³/mol. The van der Waals surface area contributed by atoms with Gasteiger partial charge in [0.15, 0.2) is 0 Å². The highest BCUT2D eigenvalue weighted by atomic mass is 32.2. The minimum atomic E-state index is -4.43. The smallest absolute Gasteiger partial charge is 0.330 e. The molecule has 1 aliphatic rings. The highest BCUT2D eigenvalue weighted by Crippen LogP contribution is 2.47. The minimum Gasteiger partial charge on any atom is -0.330 e. The summed E-state index contributed by atoms with van der Waals surface area (Å²) in [5, 5.41) is 0. The molecule has 4 nitrogen and oxygen atoms in total. The van der Waals surface area contributed by atoms with E-state index in [9.17, 15) is 17.2 Å². The van der Waals surface area contributed by atoms with Crippen molar-refractivity contribution in [2.24, 2.45) is 11.1 Å². The average Bonchev–Trinajstić information content (AvgIpc) is 2.83. The van der Waals surface area contributed by atoms with Crippen LogP contribution in [-0.2, 0) is 10.0 Å². The van der Waals surface area contributed by atoms with Crippen molar-refractivity contribution in [1.82, 2.24) is 4.72 Å². The maximum absolute atomic E-state index is 11.9. The van der Waals surface area contributed by atoms with Crippen LogP contribution in [0.25, 0.3) is 0 Å². The van der Waals surface area contributed by atoms with Crippen molar-refractivity contribution in [3.05, 3.63) is 0 Å². The fourth-order valence-corrected chi connectivity index (χ4v) is 1.95. The third-order valence-electron chi connectivity index (χ3n) is 2.51. The van der Waals surface area contributed by atoms with Crippen LogP contribution in [0.4, 0.5) is 8.78 Å². The highest BCUT2D eigenvalue weighted by molar-refractivity contribution is 7.89. The molecule has 1 rings (SSSR count). The number of alkyl halides is 2. The van der Waals surface area contributed by atoms with Gasteiger partial charge in [-0.2, -0.15) is 8.78 Å². The molecule has 0 spiro atoms. The third kappa shape index (κ3) is 2.86. The SMILES string of the molecule is NCCC1(CNS(=O)(=O)C(F)F)CC1. The molecule has 1 fully saturated rings. The predicted octanol–water partition coefficient (Wildman–Crippen LogP) is 0.257. The first-order valence-electron chi connectivity index (χ1n) is 4.39. The molecule has 14 heavy (non-hydrogen) atoms. The van der Waals surface area contributed by atoms with E-state index in [0.29, 0.717) is 13.0 Å². The topological polar surface area (TPSA) is 72.2 Å². The van der Waals surface area contributed by atoms with E-state index < -0.39 is 15.8 Å². The van der Waals surface area contributed by atoms with E-state index in [1.54, 1.807) is 0 Å².